The molecule has 0 aromatic carbocycles. The molecule has 0 heterocycles. The van der Waals surface area contributed by atoms with Gasteiger partial charge in [-0.3, -0.25) is 4.79 Å². The van der Waals surface area contributed by atoms with Crippen molar-refractivity contribution in [2.24, 2.45) is 10.4 Å². The van der Waals surface area contributed by atoms with E-state index in [0.29, 0.717) is 11.4 Å². The molecule has 0 saturated heterocycles. The first-order valence-electron chi connectivity index (χ1n) is 8.62. The van der Waals surface area contributed by atoms with Gasteiger partial charge in [0.1, 0.15) is 6.54 Å². The molecule has 0 aromatic heterocycles. The molecule has 7 heteroatoms. The van der Waals surface area contributed by atoms with E-state index in [0.717, 1.165) is 26.1 Å². The molecular formula is C17H35IN4O2. The fraction of sp³-hybridized carbons (Fsp3) is 0.882. The van der Waals surface area contributed by atoms with E-state index in [1.807, 2.05) is 27.7 Å². The summed E-state index contributed by atoms with van der Waals surface area (Å²) in [5.41, 5.74) is 0.0917. The van der Waals surface area contributed by atoms with Crippen molar-refractivity contribution >= 4 is 35.8 Å². The number of nitrogens with zero attached hydrogens (tertiary/aromatic N) is 1. The third-order valence-electron chi connectivity index (χ3n) is 4.12. The second kappa shape index (κ2) is 11.1. The maximum atomic E-state index is 11.9. The van der Waals surface area contributed by atoms with Crippen molar-refractivity contribution in [3.05, 3.63) is 0 Å². The third kappa shape index (κ3) is 9.05. The van der Waals surface area contributed by atoms with Crippen molar-refractivity contribution in [1.82, 2.24) is 16.0 Å². The largest absolute Gasteiger partial charge is 0.385 e. The average molecular weight is 454 g/mol. The van der Waals surface area contributed by atoms with Gasteiger partial charge in [-0.2, -0.15) is 0 Å². The van der Waals surface area contributed by atoms with Gasteiger partial charge in [0.2, 0.25) is 5.91 Å². The highest BCUT2D eigenvalue weighted by Gasteiger charge is 2.36. The van der Waals surface area contributed by atoms with Gasteiger partial charge >= 0.3 is 0 Å². The zero-order valence-electron chi connectivity index (χ0n) is 15.8. The zero-order valence-corrected chi connectivity index (χ0v) is 18.2. The van der Waals surface area contributed by atoms with Crippen molar-refractivity contribution in [3.8, 4) is 0 Å². The number of carbonyl (C=O) groups excluding carboxylic acids is 1. The number of nitrogens with one attached hydrogen (secondary N) is 3. The van der Waals surface area contributed by atoms with Crippen molar-refractivity contribution in [2.75, 3.05) is 33.4 Å². The standard InChI is InChI=1S/C17H34N4O2.HI/c1-6-18-15(19-12-14(22)21-16(2,3)4)20-13-17(8-7-9-17)10-11-23-5;/h6-13H2,1-5H3,(H,21,22)(H2,18,19,20);1H. The summed E-state index contributed by atoms with van der Waals surface area (Å²) in [6.45, 7) is 10.5. The lowest BCUT2D eigenvalue weighted by molar-refractivity contribution is -0.121. The van der Waals surface area contributed by atoms with Crippen molar-refractivity contribution in [3.63, 3.8) is 0 Å². The van der Waals surface area contributed by atoms with Gasteiger partial charge in [0.25, 0.3) is 0 Å². The molecule has 0 spiro atoms. The molecule has 0 atom stereocenters. The molecule has 24 heavy (non-hydrogen) atoms. The summed E-state index contributed by atoms with van der Waals surface area (Å²) < 4.78 is 5.23. The van der Waals surface area contributed by atoms with Crippen LogP contribution in [0.25, 0.3) is 0 Å². The van der Waals surface area contributed by atoms with E-state index in [2.05, 4.69) is 20.9 Å². The minimum atomic E-state index is -0.228. The number of guanidine groups is 1. The molecule has 0 radical (unpaired) electrons. The van der Waals surface area contributed by atoms with Crippen molar-refractivity contribution < 1.29 is 9.53 Å². The first-order chi connectivity index (χ1) is 10.8. The number of methoxy groups -OCH3 is 1. The molecule has 142 valence electrons. The van der Waals surface area contributed by atoms with Gasteiger partial charge in [0.05, 0.1) is 0 Å². The number of rotatable bonds is 8. The number of hydrogen-bond donors (Lipinski definition) is 3. The second-order valence-corrected chi connectivity index (χ2v) is 7.44. The Kier molecular flexibility index (Phi) is 10.9. The Hall–Kier alpha value is -0.570. The van der Waals surface area contributed by atoms with Crippen LogP contribution < -0.4 is 16.0 Å². The molecule has 6 nitrogen and oxygen atoms in total. The Labute approximate surface area is 164 Å². The van der Waals surface area contributed by atoms with E-state index < -0.39 is 0 Å². The predicted molar refractivity (Wildman–Crippen MR) is 110 cm³/mol. The van der Waals surface area contributed by atoms with Gasteiger partial charge in [0, 0.05) is 32.3 Å². The fourth-order valence-electron chi connectivity index (χ4n) is 2.73. The molecule has 1 amide bonds. The minimum absolute atomic E-state index is 0. The summed E-state index contributed by atoms with van der Waals surface area (Å²) in [6, 6.07) is 0. The van der Waals surface area contributed by atoms with E-state index >= 15 is 0 Å². The lowest BCUT2D eigenvalue weighted by Gasteiger charge is -2.42. The summed E-state index contributed by atoms with van der Waals surface area (Å²) in [5.74, 6) is 0.646. The molecule has 1 rings (SSSR count). The summed E-state index contributed by atoms with van der Waals surface area (Å²) >= 11 is 0. The maximum Gasteiger partial charge on any atom is 0.242 e. The van der Waals surface area contributed by atoms with E-state index in [1.54, 1.807) is 7.11 Å². The number of halogens is 1. The molecule has 0 bridgehead atoms. The average Bonchev–Trinajstić information content (AvgIpc) is 2.41. The monoisotopic (exact) mass is 454 g/mol. The summed E-state index contributed by atoms with van der Waals surface area (Å²) in [5, 5.41) is 9.52. The Morgan fingerprint density at radius 1 is 1.25 bits per heavy atom. The number of aliphatic imine (C=N–C) groups is 1. The first-order valence-corrected chi connectivity index (χ1v) is 8.62. The van der Waals surface area contributed by atoms with Crippen LogP contribution in [0.1, 0.15) is 53.4 Å². The molecule has 3 N–H and O–H groups in total. The lowest BCUT2D eigenvalue weighted by atomic mass is 9.67. The zero-order chi connectivity index (χ0) is 17.3. The van der Waals surface area contributed by atoms with Gasteiger partial charge in [-0.1, -0.05) is 6.42 Å². The van der Waals surface area contributed by atoms with E-state index in [9.17, 15) is 4.79 Å². The molecule has 1 aliphatic rings. The fourth-order valence-corrected chi connectivity index (χ4v) is 2.73. The third-order valence-corrected chi connectivity index (χ3v) is 4.12. The molecule has 1 fully saturated rings. The van der Waals surface area contributed by atoms with Crippen molar-refractivity contribution in [1.29, 1.82) is 0 Å². The van der Waals surface area contributed by atoms with Gasteiger partial charge in [-0.15, -0.1) is 24.0 Å². The number of amides is 1. The van der Waals surface area contributed by atoms with Crippen LogP contribution in [0.15, 0.2) is 4.99 Å². The first kappa shape index (κ1) is 23.4. The second-order valence-electron chi connectivity index (χ2n) is 7.44. The molecule has 0 aliphatic heterocycles. The van der Waals surface area contributed by atoms with Crippen LogP contribution in [-0.2, 0) is 9.53 Å². The summed E-state index contributed by atoms with van der Waals surface area (Å²) in [6.07, 6.45) is 4.81. The number of carbonyl (C=O) groups is 1. The SMILES string of the molecule is CCNC(=NCC(=O)NC(C)(C)C)NCC1(CCOC)CCC1.I. The molecule has 1 aliphatic carbocycles. The highest BCUT2D eigenvalue weighted by atomic mass is 127. The van der Waals surface area contributed by atoms with Crippen LogP contribution >= 0.6 is 24.0 Å². The number of hydrogen-bond acceptors (Lipinski definition) is 3. The molecule has 0 aromatic rings. The Bertz CT molecular complexity index is 404. The van der Waals surface area contributed by atoms with Gasteiger partial charge in [0.15, 0.2) is 5.96 Å². The van der Waals surface area contributed by atoms with E-state index in [-0.39, 0.29) is 42.0 Å². The highest BCUT2D eigenvalue weighted by Crippen LogP contribution is 2.43. The summed E-state index contributed by atoms with van der Waals surface area (Å²) in [4.78, 5) is 16.3. The Morgan fingerprint density at radius 2 is 1.92 bits per heavy atom. The molecule has 1 saturated carbocycles. The van der Waals surface area contributed by atoms with E-state index in [1.165, 1.54) is 19.3 Å². The predicted octanol–water partition coefficient (Wildman–Crippen LogP) is 2.28. The minimum Gasteiger partial charge on any atom is -0.385 e. The molecule has 0 unspecified atom stereocenters. The maximum absolute atomic E-state index is 11.9. The quantitative estimate of drug-likeness (QED) is 0.299. The molecular weight excluding hydrogens is 419 g/mol. The smallest absolute Gasteiger partial charge is 0.242 e. The van der Waals surface area contributed by atoms with Crippen LogP contribution in [0.5, 0.6) is 0 Å². The van der Waals surface area contributed by atoms with Gasteiger partial charge in [-0.25, -0.2) is 4.99 Å². The number of ether oxygens (including phenoxy) is 1. The Morgan fingerprint density at radius 3 is 2.38 bits per heavy atom. The Balaban J connectivity index is 0.00000529. The van der Waals surface area contributed by atoms with Crippen LogP contribution in [0.3, 0.4) is 0 Å². The van der Waals surface area contributed by atoms with Crippen LogP contribution in [0.4, 0.5) is 0 Å². The lowest BCUT2D eigenvalue weighted by Crippen LogP contribution is -2.47. The van der Waals surface area contributed by atoms with E-state index in [4.69, 9.17) is 4.74 Å². The normalized spacial score (nSPS) is 16.6. The van der Waals surface area contributed by atoms with Gasteiger partial charge < -0.3 is 20.7 Å². The topological polar surface area (TPSA) is 74.8 Å². The van der Waals surface area contributed by atoms with Gasteiger partial charge in [-0.05, 0) is 52.4 Å². The van der Waals surface area contributed by atoms with Crippen LogP contribution in [-0.4, -0.2) is 50.8 Å². The van der Waals surface area contributed by atoms with Crippen LogP contribution in [0, 0.1) is 5.41 Å². The van der Waals surface area contributed by atoms with Crippen LogP contribution in [0.2, 0.25) is 0 Å². The highest BCUT2D eigenvalue weighted by molar-refractivity contribution is 14.0. The van der Waals surface area contributed by atoms with Crippen molar-refractivity contribution in [2.45, 2.75) is 58.9 Å². The summed E-state index contributed by atoms with van der Waals surface area (Å²) in [7, 11) is 1.75.